The van der Waals surface area contributed by atoms with Gasteiger partial charge in [0.1, 0.15) is 0 Å². The topological polar surface area (TPSA) is 82.9 Å². The highest BCUT2D eigenvalue weighted by molar-refractivity contribution is 6.01. The minimum atomic E-state index is -0.396. The molecule has 0 spiro atoms. The third-order valence-corrected chi connectivity index (χ3v) is 5.57. The zero-order valence-electron chi connectivity index (χ0n) is 19.5. The maximum Gasteiger partial charge on any atom is 0.271 e. The standard InChI is InChI=1S/C30H24N4O2/c1-3-21-10-7-12-25(27(21)4-2)19-31-33-29(35)23-15-17-24(18-16-23)30(36)34-32-20-26-13-8-11-22-9-5-6-14-28(22)26/h3-20H,1-2H2,(H,33,35)(H,34,36)/b31-19+,32-20+. The van der Waals surface area contributed by atoms with Gasteiger partial charge in [0.25, 0.3) is 11.8 Å². The van der Waals surface area contributed by atoms with E-state index in [4.69, 9.17) is 0 Å². The fourth-order valence-corrected chi connectivity index (χ4v) is 3.71. The Hall–Kier alpha value is -5.10. The van der Waals surface area contributed by atoms with Crippen LogP contribution < -0.4 is 10.9 Å². The van der Waals surface area contributed by atoms with Crippen LogP contribution in [0.25, 0.3) is 22.9 Å². The number of hydrogen-bond donors (Lipinski definition) is 2. The van der Waals surface area contributed by atoms with Crippen molar-refractivity contribution in [2.24, 2.45) is 10.2 Å². The van der Waals surface area contributed by atoms with E-state index in [1.54, 1.807) is 48.8 Å². The van der Waals surface area contributed by atoms with Crippen molar-refractivity contribution < 1.29 is 9.59 Å². The van der Waals surface area contributed by atoms with Crippen LogP contribution in [0.5, 0.6) is 0 Å². The van der Waals surface area contributed by atoms with Crippen LogP contribution in [-0.4, -0.2) is 24.2 Å². The van der Waals surface area contributed by atoms with E-state index in [-0.39, 0.29) is 5.91 Å². The van der Waals surface area contributed by atoms with Gasteiger partial charge in [-0.3, -0.25) is 9.59 Å². The maximum absolute atomic E-state index is 12.5. The summed E-state index contributed by atoms with van der Waals surface area (Å²) in [5.41, 5.74) is 9.28. The van der Waals surface area contributed by atoms with Crippen LogP contribution in [-0.2, 0) is 0 Å². The van der Waals surface area contributed by atoms with Crippen LogP contribution in [0.3, 0.4) is 0 Å². The number of benzene rings is 4. The van der Waals surface area contributed by atoms with Crippen LogP contribution in [0, 0.1) is 0 Å². The molecule has 0 aliphatic carbocycles. The van der Waals surface area contributed by atoms with Gasteiger partial charge in [0.05, 0.1) is 12.4 Å². The normalized spacial score (nSPS) is 11.0. The van der Waals surface area contributed by atoms with E-state index in [1.165, 1.54) is 0 Å². The molecule has 0 atom stereocenters. The highest BCUT2D eigenvalue weighted by Crippen LogP contribution is 2.17. The average Bonchev–Trinajstić information content (AvgIpc) is 2.92. The fourth-order valence-electron chi connectivity index (χ4n) is 3.71. The summed E-state index contributed by atoms with van der Waals surface area (Å²) >= 11 is 0. The quantitative estimate of drug-likeness (QED) is 0.256. The molecule has 176 valence electrons. The number of carbonyl (C=O) groups is 2. The second-order valence-corrected chi connectivity index (χ2v) is 7.80. The molecule has 0 radical (unpaired) electrons. The SMILES string of the molecule is C=Cc1cccc(/C=N/NC(=O)c2ccc(C(=O)N/N=C/c3cccc4ccccc34)cc2)c1C=C. The lowest BCUT2D eigenvalue weighted by atomic mass is 10.0. The summed E-state index contributed by atoms with van der Waals surface area (Å²) in [6.45, 7) is 7.61. The van der Waals surface area contributed by atoms with Gasteiger partial charge in [-0.1, -0.05) is 86.0 Å². The second-order valence-electron chi connectivity index (χ2n) is 7.80. The van der Waals surface area contributed by atoms with Gasteiger partial charge in [-0.15, -0.1) is 0 Å². The lowest BCUT2D eigenvalue weighted by Gasteiger charge is -2.05. The van der Waals surface area contributed by atoms with Gasteiger partial charge in [-0.05, 0) is 46.2 Å². The summed E-state index contributed by atoms with van der Waals surface area (Å²) < 4.78 is 0. The molecule has 0 aliphatic heterocycles. The smallest absolute Gasteiger partial charge is 0.267 e. The molecular weight excluding hydrogens is 448 g/mol. The zero-order valence-corrected chi connectivity index (χ0v) is 19.5. The third-order valence-electron chi connectivity index (χ3n) is 5.57. The van der Waals surface area contributed by atoms with Crippen molar-refractivity contribution in [3.05, 3.63) is 131 Å². The van der Waals surface area contributed by atoms with E-state index in [0.717, 1.165) is 33.0 Å². The van der Waals surface area contributed by atoms with Crippen molar-refractivity contribution in [3.63, 3.8) is 0 Å². The number of rotatable bonds is 8. The summed E-state index contributed by atoms with van der Waals surface area (Å²) in [5, 5.41) is 10.3. The lowest BCUT2D eigenvalue weighted by molar-refractivity contribution is 0.0943. The number of fused-ring (bicyclic) bond motifs is 1. The van der Waals surface area contributed by atoms with Crippen LogP contribution >= 0.6 is 0 Å². The molecule has 0 heterocycles. The Morgan fingerprint density at radius 1 is 0.611 bits per heavy atom. The first-order valence-corrected chi connectivity index (χ1v) is 11.2. The van der Waals surface area contributed by atoms with Crippen molar-refractivity contribution in [2.75, 3.05) is 0 Å². The number of amides is 2. The fraction of sp³-hybridized carbons (Fsp3) is 0. The van der Waals surface area contributed by atoms with Gasteiger partial charge in [-0.2, -0.15) is 10.2 Å². The van der Waals surface area contributed by atoms with Crippen LogP contribution in [0.4, 0.5) is 0 Å². The number of carbonyl (C=O) groups excluding carboxylic acids is 2. The molecular formula is C30H24N4O2. The Morgan fingerprint density at radius 2 is 1.14 bits per heavy atom. The highest BCUT2D eigenvalue weighted by Gasteiger charge is 2.08. The molecule has 6 nitrogen and oxygen atoms in total. The van der Waals surface area contributed by atoms with Gasteiger partial charge >= 0.3 is 0 Å². The number of nitrogens with one attached hydrogen (secondary N) is 2. The van der Waals surface area contributed by atoms with E-state index in [1.807, 2.05) is 60.7 Å². The lowest BCUT2D eigenvalue weighted by Crippen LogP contribution is -2.19. The Bertz CT molecular complexity index is 1500. The van der Waals surface area contributed by atoms with E-state index in [9.17, 15) is 9.59 Å². The molecule has 0 aromatic heterocycles. The van der Waals surface area contributed by atoms with Gasteiger partial charge in [0, 0.05) is 22.3 Å². The summed E-state index contributed by atoms with van der Waals surface area (Å²) in [5.74, 6) is -0.775. The van der Waals surface area contributed by atoms with Crippen molar-refractivity contribution in [1.29, 1.82) is 0 Å². The predicted octanol–water partition coefficient (Wildman–Crippen LogP) is 5.65. The number of nitrogens with zero attached hydrogens (tertiary/aromatic N) is 2. The van der Waals surface area contributed by atoms with Gasteiger partial charge in [0.2, 0.25) is 0 Å². The number of hydrazone groups is 2. The van der Waals surface area contributed by atoms with Crippen molar-refractivity contribution in [2.45, 2.75) is 0 Å². The third kappa shape index (κ3) is 5.51. The Balaban J connectivity index is 1.36. The first kappa shape index (κ1) is 24.0. The van der Waals surface area contributed by atoms with Crippen molar-refractivity contribution >= 4 is 47.2 Å². The molecule has 6 heteroatoms. The van der Waals surface area contributed by atoms with E-state index < -0.39 is 5.91 Å². The minimum Gasteiger partial charge on any atom is -0.267 e. The summed E-state index contributed by atoms with van der Waals surface area (Å²) in [7, 11) is 0. The van der Waals surface area contributed by atoms with Gasteiger partial charge in [0.15, 0.2) is 0 Å². The Labute approximate surface area is 209 Å². The van der Waals surface area contributed by atoms with Crippen LogP contribution in [0.2, 0.25) is 0 Å². The highest BCUT2D eigenvalue weighted by atomic mass is 16.2. The largest absolute Gasteiger partial charge is 0.271 e. The Kier molecular flexibility index (Phi) is 7.58. The molecule has 36 heavy (non-hydrogen) atoms. The molecule has 0 saturated heterocycles. The minimum absolute atomic E-state index is 0.367. The van der Waals surface area contributed by atoms with E-state index in [2.05, 4.69) is 34.2 Å². The molecule has 0 bridgehead atoms. The summed E-state index contributed by atoms with van der Waals surface area (Å²) in [6, 6.07) is 25.8. The van der Waals surface area contributed by atoms with Crippen LogP contribution in [0.1, 0.15) is 43.0 Å². The van der Waals surface area contributed by atoms with Crippen molar-refractivity contribution in [1.82, 2.24) is 10.9 Å². The molecule has 0 unspecified atom stereocenters. The summed E-state index contributed by atoms with van der Waals surface area (Å²) in [6.07, 6.45) is 6.62. The predicted molar refractivity (Wildman–Crippen MR) is 147 cm³/mol. The molecule has 4 rings (SSSR count). The van der Waals surface area contributed by atoms with Crippen molar-refractivity contribution in [3.8, 4) is 0 Å². The van der Waals surface area contributed by atoms with Gasteiger partial charge < -0.3 is 0 Å². The second kappa shape index (κ2) is 11.4. The van der Waals surface area contributed by atoms with Gasteiger partial charge in [-0.25, -0.2) is 10.9 Å². The monoisotopic (exact) mass is 472 g/mol. The molecule has 0 saturated carbocycles. The molecule has 2 N–H and O–H groups in total. The zero-order chi connectivity index (χ0) is 25.3. The molecule has 0 fully saturated rings. The Morgan fingerprint density at radius 3 is 1.78 bits per heavy atom. The first-order chi connectivity index (χ1) is 17.6. The van der Waals surface area contributed by atoms with Crippen LogP contribution in [0.15, 0.2) is 108 Å². The molecule has 4 aromatic carbocycles. The molecule has 0 aliphatic rings. The average molecular weight is 473 g/mol. The van der Waals surface area contributed by atoms with E-state index in [0.29, 0.717) is 11.1 Å². The maximum atomic E-state index is 12.5. The molecule has 2 amide bonds. The van der Waals surface area contributed by atoms with E-state index >= 15 is 0 Å². The summed E-state index contributed by atoms with van der Waals surface area (Å²) in [4.78, 5) is 24.9. The molecule has 4 aromatic rings. The number of hydrogen-bond acceptors (Lipinski definition) is 4. The first-order valence-electron chi connectivity index (χ1n) is 11.2.